The molecular formula is C12H13FN2O. The van der Waals surface area contributed by atoms with Gasteiger partial charge in [-0.2, -0.15) is 5.26 Å². The molecule has 0 aliphatic heterocycles. The second kappa shape index (κ2) is 5.29. The smallest absolute Gasteiger partial charge is 0.166 e. The molecule has 4 heteroatoms. The molecule has 0 radical (unpaired) electrons. The van der Waals surface area contributed by atoms with Crippen LogP contribution in [-0.4, -0.2) is 5.11 Å². The molecule has 0 aliphatic carbocycles. The lowest BCUT2D eigenvalue weighted by molar-refractivity contribution is 0.418. The molecule has 84 valence electrons. The summed E-state index contributed by atoms with van der Waals surface area (Å²) in [7, 11) is 0. The number of hydrogen-bond acceptors (Lipinski definition) is 3. The normalized spacial score (nSPS) is 11.8. The van der Waals surface area contributed by atoms with Gasteiger partial charge < -0.3 is 10.8 Å². The van der Waals surface area contributed by atoms with Gasteiger partial charge in [-0.15, -0.1) is 6.58 Å². The topological polar surface area (TPSA) is 70.0 Å². The third-order valence-electron chi connectivity index (χ3n) is 2.30. The zero-order valence-electron chi connectivity index (χ0n) is 8.78. The molecule has 0 spiro atoms. The van der Waals surface area contributed by atoms with Crippen LogP contribution in [-0.2, 0) is 0 Å². The number of phenolic OH excluding ortho intramolecular Hbond substituents is 1. The molecule has 0 aromatic heterocycles. The molecule has 0 saturated heterocycles. The summed E-state index contributed by atoms with van der Waals surface area (Å²) in [6.45, 7) is 3.56. The summed E-state index contributed by atoms with van der Waals surface area (Å²) in [5.74, 6) is -1.29. The van der Waals surface area contributed by atoms with E-state index >= 15 is 0 Å². The molecule has 0 fully saturated rings. The molecule has 0 heterocycles. The Balaban J connectivity index is 3.07. The van der Waals surface area contributed by atoms with Gasteiger partial charge in [0.1, 0.15) is 0 Å². The number of halogens is 1. The van der Waals surface area contributed by atoms with Crippen molar-refractivity contribution in [2.75, 3.05) is 0 Å². The minimum absolute atomic E-state index is 0.152. The van der Waals surface area contributed by atoms with Crippen LogP contribution >= 0.6 is 0 Å². The Kier molecular flexibility index (Phi) is 4.03. The van der Waals surface area contributed by atoms with Gasteiger partial charge in [-0.05, 0) is 25.0 Å². The van der Waals surface area contributed by atoms with Gasteiger partial charge in [-0.1, -0.05) is 6.08 Å². The Bertz CT molecular complexity index is 437. The van der Waals surface area contributed by atoms with Gasteiger partial charge in [-0.25, -0.2) is 4.39 Å². The van der Waals surface area contributed by atoms with E-state index in [1.54, 1.807) is 6.08 Å². The first-order valence-corrected chi connectivity index (χ1v) is 4.89. The summed E-state index contributed by atoms with van der Waals surface area (Å²) in [4.78, 5) is 0. The summed E-state index contributed by atoms with van der Waals surface area (Å²) < 4.78 is 13.2. The maximum absolute atomic E-state index is 13.2. The van der Waals surface area contributed by atoms with Crippen molar-refractivity contribution in [2.45, 2.75) is 18.9 Å². The van der Waals surface area contributed by atoms with E-state index < -0.39 is 17.6 Å². The van der Waals surface area contributed by atoms with Crippen LogP contribution in [0.5, 0.6) is 5.75 Å². The number of allylic oxidation sites excluding steroid dienone is 1. The highest BCUT2D eigenvalue weighted by Crippen LogP contribution is 2.29. The van der Waals surface area contributed by atoms with E-state index in [4.69, 9.17) is 11.0 Å². The van der Waals surface area contributed by atoms with E-state index in [-0.39, 0.29) is 11.1 Å². The highest BCUT2D eigenvalue weighted by atomic mass is 19.1. The SMILES string of the molecule is C=CCC[C@@H](N)c1cc(C#N)cc(F)c1O. The Morgan fingerprint density at radius 2 is 2.31 bits per heavy atom. The van der Waals surface area contributed by atoms with E-state index in [1.165, 1.54) is 6.07 Å². The molecular weight excluding hydrogens is 207 g/mol. The molecule has 1 aromatic rings. The van der Waals surface area contributed by atoms with E-state index in [0.29, 0.717) is 12.8 Å². The van der Waals surface area contributed by atoms with Gasteiger partial charge >= 0.3 is 0 Å². The number of nitrogens with two attached hydrogens (primary N) is 1. The summed E-state index contributed by atoms with van der Waals surface area (Å²) in [5.41, 5.74) is 6.21. The van der Waals surface area contributed by atoms with Crippen molar-refractivity contribution in [2.24, 2.45) is 5.73 Å². The Morgan fingerprint density at radius 3 is 2.88 bits per heavy atom. The van der Waals surface area contributed by atoms with Crippen molar-refractivity contribution in [3.05, 3.63) is 41.7 Å². The number of phenols is 1. The van der Waals surface area contributed by atoms with Crippen molar-refractivity contribution < 1.29 is 9.50 Å². The lowest BCUT2D eigenvalue weighted by Crippen LogP contribution is -2.11. The number of nitrogens with zero attached hydrogens (tertiary/aromatic N) is 1. The van der Waals surface area contributed by atoms with Gasteiger partial charge in [-0.3, -0.25) is 0 Å². The number of aromatic hydroxyl groups is 1. The van der Waals surface area contributed by atoms with Crippen molar-refractivity contribution in [3.8, 4) is 11.8 Å². The second-order valence-electron chi connectivity index (χ2n) is 3.48. The Morgan fingerprint density at radius 1 is 1.62 bits per heavy atom. The molecule has 3 N–H and O–H groups in total. The predicted molar refractivity (Wildman–Crippen MR) is 59.1 cm³/mol. The summed E-state index contributed by atoms with van der Waals surface area (Å²) >= 11 is 0. The Labute approximate surface area is 93.6 Å². The van der Waals surface area contributed by atoms with Crippen LogP contribution in [0.25, 0.3) is 0 Å². The van der Waals surface area contributed by atoms with Crippen molar-refractivity contribution in [3.63, 3.8) is 0 Å². The number of hydrogen-bond donors (Lipinski definition) is 2. The second-order valence-corrected chi connectivity index (χ2v) is 3.48. The van der Waals surface area contributed by atoms with Crippen molar-refractivity contribution in [1.82, 2.24) is 0 Å². The minimum atomic E-state index is -0.817. The van der Waals surface area contributed by atoms with Gasteiger partial charge in [0.05, 0.1) is 11.6 Å². The summed E-state index contributed by atoms with van der Waals surface area (Å²) in [5, 5.41) is 18.2. The van der Waals surface area contributed by atoms with Gasteiger partial charge in [0.15, 0.2) is 11.6 Å². The molecule has 3 nitrogen and oxygen atoms in total. The quantitative estimate of drug-likeness (QED) is 0.765. The molecule has 0 aliphatic rings. The highest BCUT2D eigenvalue weighted by molar-refractivity contribution is 5.44. The summed E-state index contributed by atoms with van der Waals surface area (Å²) in [6.07, 6.45) is 2.91. The lowest BCUT2D eigenvalue weighted by atomic mass is 9.99. The lowest BCUT2D eigenvalue weighted by Gasteiger charge is -2.13. The van der Waals surface area contributed by atoms with Crippen LogP contribution < -0.4 is 5.73 Å². The average Bonchev–Trinajstić information content (AvgIpc) is 2.29. The zero-order valence-corrected chi connectivity index (χ0v) is 8.78. The van der Waals surface area contributed by atoms with Crippen LogP contribution in [0.15, 0.2) is 24.8 Å². The third kappa shape index (κ3) is 2.59. The maximum atomic E-state index is 13.2. The monoisotopic (exact) mass is 220 g/mol. The largest absolute Gasteiger partial charge is 0.505 e. The van der Waals surface area contributed by atoms with Crippen LogP contribution in [0.2, 0.25) is 0 Å². The van der Waals surface area contributed by atoms with E-state index in [1.807, 2.05) is 6.07 Å². The molecule has 1 aromatic carbocycles. The zero-order chi connectivity index (χ0) is 12.1. The Hall–Kier alpha value is -1.86. The highest BCUT2D eigenvalue weighted by Gasteiger charge is 2.15. The van der Waals surface area contributed by atoms with E-state index in [2.05, 4.69) is 6.58 Å². The molecule has 0 amide bonds. The first kappa shape index (κ1) is 12.2. The van der Waals surface area contributed by atoms with E-state index in [9.17, 15) is 9.50 Å². The van der Waals surface area contributed by atoms with Gasteiger partial charge in [0.2, 0.25) is 0 Å². The predicted octanol–water partition coefficient (Wildman–Crippen LogP) is 2.37. The molecule has 1 rings (SSSR count). The summed E-state index contributed by atoms with van der Waals surface area (Å²) in [6, 6.07) is 3.71. The van der Waals surface area contributed by atoms with Gasteiger partial charge in [0, 0.05) is 11.6 Å². The number of nitriles is 1. The fourth-order valence-corrected chi connectivity index (χ4v) is 1.42. The average molecular weight is 220 g/mol. The molecule has 0 saturated carbocycles. The van der Waals surface area contributed by atoms with Crippen LogP contribution in [0, 0.1) is 17.1 Å². The molecule has 16 heavy (non-hydrogen) atoms. The first-order chi connectivity index (χ1) is 7.60. The molecule has 0 bridgehead atoms. The first-order valence-electron chi connectivity index (χ1n) is 4.89. The maximum Gasteiger partial charge on any atom is 0.166 e. The molecule has 1 atom stereocenters. The van der Waals surface area contributed by atoms with E-state index in [0.717, 1.165) is 6.07 Å². The van der Waals surface area contributed by atoms with Crippen molar-refractivity contribution >= 4 is 0 Å². The molecule has 0 unspecified atom stereocenters. The third-order valence-corrected chi connectivity index (χ3v) is 2.30. The van der Waals surface area contributed by atoms with Crippen LogP contribution in [0.3, 0.4) is 0 Å². The fraction of sp³-hybridized carbons (Fsp3) is 0.250. The fourth-order valence-electron chi connectivity index (χ4n) is 1.42. The van der Waals surface area contributed by atoms with Crippen LogP contribution in [0.4, 0.5) is 4.39 Å². The van der Waals surface area contributed by atoms with Crippen LogP contribution in [0.1, 0.15) is 30.0 Å². The number of benzene rings is 1. The number of rotatable bonds is 4. The minimum Gasteiger partial charge on any atom is -0.505 e. The van der Waals surface area contributed by atoms with Crippen molar-refractivity contribution in [1.29, 1.82) is 5.26 Å². The van der Waals surface area contributed by atoms with Gasteiger partial charge in [0.25, 0.3) is 0 Å². The standard InChI is InChI=1S/C12H13FN2O/c1-2-3-4-11(15)9-5-8(7-14)6-10(13)12(9)16/h2,5-6,11,16H,1,3-4,15H2/t11-/m1/s1.